The van der Waals surface area contributed by atoms with Gasteiger partial charge in [-0.2, -0.15) is 0 Å². The van der Waals surface area contributed by atoms with E-state index in [1.54, 1.807) is 6.20 Å². The first-order valence-corrected chi connectivity index (χ1v) is 10.1. The smallest absolute Gasteiger partial charge is 0.209 e. The fraction of sp³-hybridized carbons (Fsp3) is 0.471. The quantitative estimate of drug-likeness (QED) is 0.866. The highest BCUT2D eigenvalue weighted by molar-refractivity contribution is 7.88. The summed E-state index contributed by atoms with van der Waals surface area (Å²) in [5, 5.41) is 0. The maximum Gasteiger partial charge on any atom is 0.209 e. The molecule has 0 amide bonds. The van der Waals surface area contributed by atoms with Crippen LogP contribution < -0.4 is 4.72 Å². The standard InChI is InChI=1S/C17H23N3O3S/c1-24(21,22)19-11-15-9-5-6-10-20(15)13-17-18-12-16(23-17)14-7-3-2-4-8-14/h2-4,7-8,12,15,19H,5-6,9-11,13H2,1H3. The van der Waals surface area contributed by atoms with Crippen LogP contribution in [0.2, 0.25) is 0 Å². The van der Waals surface area contributed by atoms with Crippen molar-refractivity contribution in [3.8, 4) is 11.3 Å². The first kappa shape index (κ1) is 17.1. The summed E-state index contributed by atoms with van der Waals surface area (Å²) in [4.78, 5) is 6.64. The van der Waals surface area contributed by atoms with Gasteiger partial charge < -0.3 is 4.42 Å². The van der Waals surface area contributed by atoms with Crippen molar-refractivity contribution in [3.05, 3.63) is 42.4 Å². The van der Waals surface area contributed by atoms with Gasteiger partial charge in [0.1, 0.15) is 0 Å². The normalized spacial score (nSPS) is 19.5. The number of piperidine rings is 1. The molecule has 24 heavy (non-hydrogen) atoms. The lowest BCUT2D eigenvalue weighted by Gasteiger charge is -2.34. The second kappa shape index (κ2) is 7.46. The third kappa shape index (κ3) is 4.66. The number of likely N-dealkylation sites (tertiary alicyclic amines) is 1. The maximum absolute atomic E-state index is 11.3. The van der Waals surface area contributed by atoms with Crippen LogP contribution in [-0.4, -0.2) is 43.7 Å². The molecule has 1 atom stereocenters. The van der Waals surface area contributed by atoms with Crippen LogP contribution in [-0.2, 0) is 16.6 Å². The number of rotatable bonds is 6. The van der Waals surface area contributed by atoms with Crippen LogP contribution in [0.15, 0.2) is 40.9 Å². The zero-order valence-corrected chi connectivity index (χ0v) is 14.6. The lowest BCUT2D eigenvalue weighted by atomic mass is 10.0. The number of benzene rings is 1. The predicted molar refractivity (Wildman–Crippen MR) is 92.8 cm³/mol. The average Bonchev–Trinajstić information content (AvgIpc) is 3.03. The summed E-state index contributed by atoms with van der Waals surface area (Å²) in [6, 6.07) is 10.1. The second-order valence-corrected chi connectivity index (χ2v) is 8.06. The van der Waals surface area contributed by atoms with E-state index in [-0.39, 0.29) is 6.04 Å². The molecule has 1 unspecified atom stereocenters. The van der Waals surface area contributed by atoms with Crippen LogP contribution in [0.4, 0.5) is 0 Å². The van der Waals surface area contributed by atoms with Crippen LogP contribution in [0.5, 0.6) is 0 Å². The lowest BCUT2D eigenvalue weighted by molar-refractivity contribution is 0.130. The van der Waals surface area contributed by atoms with Gasteiger partial charge in [-0.25, -0.2) is 18.1 Å². The summed E-state index contributed by atoms with van der Waals surface area (Å²) in [6.07, 6.45) is 6.16. The molecule has 3 rings (SSSR count). The molecule has 2 heterocycles. The van der Waals surface area contributed by atoms with Gasteiger partial charge in [-0.05, 0) is 19.4 Å². The molecule has 1 aromatic carbocycles. The maximum atomic E-state index is 11.3. The van der Waals surface area contributed by atoms with Crippen molar-refractivity contribution in [1.82, 2.24) is 14.6 Å². The molecule has 1 N–H and O–H groups in total. The molecular weight excluding hydrogens is 326 g/mol. The Kier molecular flexibility index (Phi) is 5.33. The number of hydrogen-bond acceptors (Lipinski definition) is 5. The molecule has 1 aliphatic rings. The lowest BCUT2D eigenvalue weighted by Crippen LogP contribution is -2.46. The van der Waals surface area contributed by atoms with Crippen molar-refractivity contribution in [2.24, 2.45) is 0 Å². The van der Waals surface area contributed by atoms with Crippen LogP contribution in [0.1, 0.15) is 25.2 Å². The first-order chi connectivity index (χ1) is 11.5. The first-order valence-electron chi connectivity index (χ1n) is 8.20. The van der Waals surface area contributed by atoms with Crippen molar-refractivity contribution in [1.29, 1.82) is 0 Å². The molecule has 1 aromatic heterocycles. The van der Waals surface area contributed by atoms with Crippen LogP contribution in [0.3, 0.4) is 0 Å². The van der Waals surface area contributed by atoms with E-state index in [1.807, 2.05) is 30.3 Å². The van der Waals surface area contributed by atoms with Gasteiger partial charge in [0.15, 0.2) is 5.76 Å². The van der Waals surface area contributed by atoms with E-state index >= 15 is 0 Å². The summed E-state index contributed by atoms with van der Waals surface area (Å²) in [6.45, 7) is 1.97. The molecule has 0 radical (unpaired) electrons. The van der Waals surface area contributed by atoms with Gasteiger partial charge in [-0.3, -0.25) is 4.90 Å². The Bertz CT molecular complexity index is 758. The molecular formula is C17H23N3O3S. The Balaban J connectivity index is 1.66. The summed E-state index contributed by atoms with van der Waals surface area (Å²) < 4.78 is 31.2. The molecule has 0 spiro atoms. The Labute approximate surface area is 142 Å². The van der Waals surface area contributed by atoms with Gasteiger partial charge in [0.25, 0.3) is 0 Å². The third-order valence-electron chi connectivity index (χ3n) is 4.28. The van der Waals surface area contributed by atoms with E-state index in [4.69, 9.17) is 4.42 Å². The molecule has 130 valence electrons. The Morgan fingerprint density at radius 3 is 2.83 bits per heavy atom. The van der Waals surface area contributed by atoms with Crippen LogP contribution in [0, 0.1) is 0 Å². The van der Waals surface area contributed by atoms with Gasteiger partial charge in [0, 0.05) is 18.2 Å². The van der Waals surface area contributed by atoms with Crippen molar-refractivity contribution in [3.63, 3.8) is 0 Å². The molecule has 6 nitrogen and oxygen atoms in total. The largest absolute Gasteiger partial charge is 0.439 e. The highest BCUT2D eigenvalue weighted by Gasteiger charge is 2.24. The van der Waals surface area contributed by atoms with E-state index < -0.39 is 10.0 Å². The minimum absolute atomic E-state index is 0.181. The fourth-order valence-electron chi connectivity index (χ4n) is 3.04. The molecule has 0 bridgehead atoms. The Hall–Kier alpha value is -1.70. The van der Waals surface area contributed by atoms with E-state index in [9.17, 15) is 8.42 Å². The van der Waals surface area contributed by atoms with E-state index in [0.717, 1.165) is 37.1 Å². The SMILES string of the molecule is CS(=O)(=O)NCC1CCCCN1Cc1ncc(-c2ccccc2)o1. The summed E-state index contributed by atoms with van der Waals surface area (Å²) in [5.41, 5.74) is 1.00. The third-order valence-corrected chi connectivity index (χ3v) is 4.97. The predicted octanol–water partition coefficient (Wildman–Crippen LogP) is 2.25. The van der Waals surface area contributed by atoms with Gasteiger partial charge in [0.05, 0.1) is 19.0 Å². The average molecular weight is 349 g/mol. The van der Waals surface area contributed by atoms with E-state index in [0.29, 0.717) is 19.0 Å². The fourth-order valence-corrected chi connectivity index (χ4v) is 3.53. The van der Waals surface area contributed by atoms with Gasteiger partial charge >= 0.3 is 0 Å². The monoisotopic (exact) mass is 349 g/mol. The zero-order valence-electron chi connectivity index (χ0n) is 13.8. The number of nitrogens with one attached hydrogen (secondary N) is 1. The van der Waals surface area contributed by atoms with E-state index in [2.05, 4.69) is 14.6 Å². The number of sulfonamides is 1. The molecule has 1 aliphatic heterocycles. The summed E-state index contributed by atoms with van der Waals surface area (Å²) >= 11 is 0. The summed E-state index contributed by atoms with van der Waals surface area (Å²) in [7, 11) is -3.17. The van der Waals surface area contributed by atoms with Crippen molar-refractivity contribution in [2.45, 2.75) is 31.8 Å². The highest BCUT2D eigenvalue weighted by atomic mass is 32.2. The summed E-state index contributed by atoms with van der Waals surface area (Å²) in [5.74, 6) is 1.42. The van der Waals surface area contributed by atoms with Gasteiger partial charge in [0.2, 0.25) is 15.9 Å². The Morgan fingerprint density at radius 1 is 1.29 bits per heavy atom. The number of aromatic nitrogens is 1. The number of nitrogens with zero attached hydrogens (tertiary/aromatic N) is 2. The topological polar surface area (TPSA) is 75.4 Å². The molecule has 0 aliphatic carbocycles. The van der Waals surface area contributed by atoms with Crippen LogP contribution in [0.25, 0.3) is 11.3 Å². The number of oxazole rings is 1. The molecule has 7 heteroatoms. The van der Waals surface area contributed by atoms with Crippen molar-refractivity contribution >= 4 is 10.0 Å². The van der Waals surface area contributed by atoms with Gasteiger partial charge in [-0.1, -0.05) is 36.8 Å². The Morgan fingerprint density at radius 2 is 2.08 bits per heavy atom. The zero-order chi connectivity index (χ0) is 17.0. The highest BCUT2D eigenvalue weighted by Crippen LogP contribution is 2.23. The minimum atomic E-state index is -3.17. The number of hydrogen-bond donors (Lipinski definition) is 1. The van der Waals surface area contributed by atoms with E-state index in [1.165, 1.54) is 6.26 Å². The van der Waals surface area contributed by atoms with Crippen LogP contribution >= 0.6 is 0 Å². The molecule has 0 saturated carbocycles. The molecule has 1 fully saturated rings. The second-order valence-electron chi connectivity index (χ2n) is 6.22. The van der Waals surface area contributed by atoms with Crippen molar-refractivity contribution < 1.29 is 12.8 Å². The van der Waals surface area contributed by atoms with Gasteiger partial charge in [-0.15, -0.1) is 0 Å². The molecule has 2 aromatic rings. The van der Waals surface area contributed by atoms with Crippen molar-refractivity contribution in [2.75, 3.05) is 19.3 Å². The minimum Gasteiger partial charge on any atom is -0.439 e. The molecule has 1 saturated heterocycles.